The minimum atomic E-state index is -0.494. The van der Waals surface area contributed by atoms with Crippen LogP contribution in [-0.2, 0) is 0 Å². The number of benzene rings is 1. The Hall–Kier alpha value is -3.59. The summed E-state index contributed by atoms with van der Waals surface area (Å²) in [7, 11) is 0. The van der Waals surface area contributed by atoms with Gasteiger partial charge in [0.1, 0.15) is 11.6 Å². The van der Waals surface area contributed by atoms with Crippen molar-refractivity contribution in [2.75, 3.05) is 17.2 Å². The molecule has 0 amide bonds. The van der Waals surface area contributed by atoms with Crippen molar-refractivity contribution in [2.45, 2.75) is 24.8 Å². The van der Waals surface area contributed by atoms with Gasteiger partial charge in [0.05, 0.1) is 18.0 Å². The fourth-order valence-electron chi connectivity index (χ4n) is 3.33. The van der Waals surface area contributed by atoms with E-state index in [0.29, 0.717) is 29.1 Å². The minimum absolute atomic E-state index is 0.206. The van der Waals surface area contributed by atoms with E-state index >= 15 is 0 Å². The van der Waals surface area contributed by atoms with Gasteiger partial charge >= 0.3 is 0 Å². The lowest BCUT2D eigenvalue weighted by Gasteiger charge is -2.17. The first-order valence-electron chi connectivity index (χ1n) is 9.77. The zero-order valence-corrected chi connectivity index (χ0v) is 16.0. The van der Waals surface area contributed by atoms with E-state index in [2.05, 4.69) is 35.8 Å². The Balaban J connectivity index is 1.46. The van der Waals surface area contributed by atoms with E-state index < -0.39 is 6.04 Å². The fourth-order valence-corrected chi connectivity index (χ4v) is 3.33. The van der Waals surface area contributed by atoms with Gasteiger partial charge in [-0.05, 0) is 42.7 Å². The summed E-state index contributed by atoms with van der Waals surface area (Å²) in [6, 6.07) is 11.1. The predicted octanol–water partition coefficient (Wildman–Crippen LogP) is 3.65. The highest BCUT2D eigenvalue weighted by Crippen LogP contribution is 2.39. The molecule has 3 aromatic heterocycles. The number of aliphatic hydroxyl groups is 1. The van der Waals surface area contributed by atoms with E-state index in [9.17, 15) is 9.50 Å². The molecule has 4 aromatic rings. The number of pyridine rings is 1. The number of hydrogen-bond acceptors (Lipinski definition) is 7. The third-order valence-corrected chi connectivity index (χ3v) is 5.09. The summed E-state index contributed by atoms with van der Waals surface area (Å²) in [5.41, 5.74) is 2.34. The molecule has 1 aromatic carbocycles. The van der Waals surface area contributed by atoms with Gasteiger partial charge in [0.25, 0.3) is 0 Å². The molecule has 1 fully saturated rings. The molecule has 30 heavy (non-hydrogen) atoms. The zero-order valence-electron chi connectivity index (χ0n) is 16.0. The fraction of sp³-hybridized carbons (Fsp3) is 0.238. The summed E-state index contributed by atoms with van der Waals surface area (Å²) in [6.45, 7) is -0.206. The molecule has 0 spiro atoms. The number of halogens is 1. The van der Waals surface area contributed by atoms with Crippen molar-refractivity contribution >= 4 is 28.6 Å². The van der Waals surface area contributed by atoms with Gasteiger partial charge in [0, 0.05) is 23.9 Å². The normalized spacial score (nSPS) is 14.6. The van der Waals surface area contributed by atoms with E-state index in [1.807, 2.05) is 18.2 Å². The Kier molecular flexibility index (Phi) is 4.72. The van der Waals surface area contributed by atoms with Crippen LogP contribution in [0.4, 0.5) is 22.0 Å². The van der Waals surface area contributed by atoms with Crippen molar-refractivity contribution in [3.05, 3.63) is 65.7 Å². The molecule has 0 bridgehead atoms. The highest BCUT2D eigenvalue weighted by molar-refractivity contribution is 5.89. The molecule has 1 aliphatic carbocycles. The molecule has 4 N–H and O–H groups in total. The number of aromatic nitrogens is 5. The summed E-state index contributed by atoms with van der Waals surface area (Å²) in [5.74, 6) is 1.75. The maximum absolute atomic E-state index is 13.2. The first-order chi connectivity index (χ1) is 14.7. The van der Waals surface area contributed by atoms with Crippen molar-refractivity contribution in [3.63, 3.8) is 0 Å². The summed E-state index contributed by atoms with van der Waals surface area (Å²) in [6.07, 6.45) is 4.02. The van der Waals surface area contributed by atoms with Gasteiger partial charge < -0.3 is 15.7 Å². The van der Waals surface area contributed by atoms with Gasteiger partial charge in [-0.15, -0.1) is 0 Å². The standard InChI is InChI=1S/C21H20FN7O/c22-14-7-5-13(6-8-14)17(11-30)24-21-26-19-15(2-1-9-23-19)20(27-21)25-18-10-16(28-29-18)12-3-4-12/h1-2,5-10,12,17,30H,3-4,11H2,(H3,23,24,25,26,27,28,29). The number of aromatic amines is 1. The SMILES string of the molecule is OCC(Nc1nc(Nc2cc(C3CC3)[nH]n2)c2cccnc2n1)c1ccc(F)cc1. The summed E-state index contributed by atoms with van der Waals surface area (Å²) in [4.78, 5) is 13.4. The van der Waals surface area contributed by atoms with Crippen LogP contribution in [0, 0.1) is 5.82 Å². The second-order valence-corrected chi connectivity index (χ2v) is 7.31. The molecule has 3 heterocycles. The molecule has 8 nitrogen and oxygen atoms in total. The van der Waals surface area contributed by atoms with E-state index in [0.717, 1.165) is 16.6 Å². The molecule has 1 saturated carbocycles. The molecule has 0 saturated heterocycles. The average Bonchev–Trinajstić information content (AvgIpc) is 3.52. The van der Waals surface area contributed by atoms with Crippen LogP contribution in [0.5, 0.6) is 0 Å². The summed E-state index contributed by atoms with van der Waals surface area (Å²) >= 11 is 0. The number of nitrogens with zero attached hydrogens (tertiary/aromatic N) is 4. The molecule has 9 heteroatoms. The number of rotatable bonds is 7. The summed E-state index contributed by atoms with van der Waals surface area (Å²) < 4.78 is 13.2. The monoisotopic (exact) mass is 405 g/mol. The van der Waals surface area contributed by atoms with Crippen molar-refractivity contribution in [2.24, 2.45) is 0 Å². The lowest BCUT2D eigenvalue weighted by molar-refractivity contribution is 0.276. The van der Waals surface area contributed by atoms with Gasteiger partial charge in [-0.2, -0.15) is 15.1 Å². The highest BCUT2D eigenvalue weighted by atomic mass is 19.1. The highest BCUT2D eigenvalue weighted by Gasteiger charge is 2.25. The van der Waals surface area contributed by atoms with Crippen LogP contribution in [0.25, 0.3) is 11.0 Å². The molecule has 152 valence electrons. The predicted molar refractivity (Wildman–Crippen MR) is 111 cm³/mol. The van der Waals surface area contributed by atoms with Crippen LogP contribution in [0.1, 0.15) is 36.1 Å². The maximum atomic E-state index is 13.2. The molecule has 0 aliphatic heterocycles. The molecule has 1 aliphatic rings. The Bertz CT molecular complexity index is 1170. The van der Waals surface area contributed by atoms with E-state index in [1.54, 1.807) is 18.3 Å². The first kappa shape index (κ1) is 18.4. The average molecular weight is 405 g/mol. The largest absolute Gasteiger partial charge is 0.394 e. The number of nitrogens with one attached hydrogen (secondary N) is 3. The molecule has 1 unspecified atom stereocenters. The van der Waals surface area contributed by atoms with Crippen LogP contribution < -0.4 is 10.6 Å². The molecule has 5 rings (SSSR count). The quantitative estimate of drug-likeness (QED) is 0.371. The molecule has 0 radical (unpaired) electrons. The number of aliphatic hydroxyl groups excluding tert-OH is 1. The van der Waals surface area contributed by atoms with Crippen LogP contribution in [0.15, 0.2) is 48.7 Å². The number of hydrogen-bond donors (Lipinski definition) is 4. The molecule has 1 atom stereocenters. The Morgan fingerprint density at radius 3 is 2.77 bits per heavy atom. The Labute approximate surface area is 171 Å². The van der Waals surface area contributed by atoms with E-state index in [-0.39, 0.29) is 12.4 Å². The van der Waals surface area contributed by atoms with Crippen molar-refractivity contribution in [1.29, 1.82) is 0 Å². The van der Waals surface area contributed by atoms with Crippen LogP contribution in [0.2, 0.25) is 0 Å². The van der Waals surface area contributed by atoms with Crippen molar-refractivity contribution in [3.8, 4) is 0 Å². The third-order valence-electron chi connectivity index (χ3n) is 5.09. The number of fused-ring (bicyclic) bond motifs is 1. The summed E-state index contributed by atoms with van der Waals surface area (Å²) in [5, 5.41) is 24.3. The maximum Gasteiger partial charge on any atom is 0.227 e. The van der Waals surface area contributed by atoms with E-state index in [4.69, 9.17) is 0 Å². The Morgan fingerprint density at radius 2 is 2.00 bits per heavy atom. The van der Waals surface area contributed by atoms with Gasteiger partial charge in [-0.1, -0.05) is 12.1 Å². The second-order valence-electron chi connectivity index (χ2n) is 7.31. The number of anilines is 3. The van der Waals surface area contributed by atoms with Crippen LogP contribution >= 0.6 is 0 Å². The first-order valence-corrected chi connectivity index (χ1v) is 9.77. The zero-order chi connectivity index (χ0) is 20.5. The Morgan fingerprint density at radius 1 is 1.17 bits per heavy atom. The topological polar surface area (TPSA) is 112 Å². The second kappa shape index (κ2) is 7.68. The smallest absolute Gasteiger partial charge is 0.227 e. The van der Waals surface area contributed by atoms with Gasteiger partial charge in [-0.3, -0.25) is 5.10 Å². The lowest BCUT2D eigenvalue weighted by atomic mass is 10.1. The van der Waals surface area contributed by atoms with Crippen molar-refractivity contribution < 1.29 is 9.50 Å². The molecular formula is C21H20FN7O. The van der Waals surface area contributed by atoms with E-state index in [1.165, 1.54) is 25.0 Å². The third kappa shape index (κ3) is 3.79. The molecular weight excluding hydrogens is 385 g/mol. The van der Waals surface area contributed by atoms with Crippen LogP contribution in [0.3, 0.4) is 0 Å². The lowest BCUT2D eigenvalue weighted by Crippen LogP contribution is -2.17. The number of H-pyrrole nitrogens is 1. The van der Waals surface area contributed by atoms with Crippen LogP contribution in [-0.4, -0.2) is 36.9 Å². The van der Waals surface area contributed by atoms with Gasteiger partial charge in [0.15, 0.2) is 11.5 Å². The minimum Gasteiger partial charge on any atom is -0.394 e. The van der Waals surface area contributed by atoms with Gasteiger partial charge in [-0.25, -0.2) is 9.37 Å². The van der Waals surface area contributed by atoms with Crippen molar-refractivity contribution in [1.82, 2.24) is 25.1 Å². The van der Waals surface area contributed by atoms with Gasteiger partial charge in [0.2, 0.25) is 5.95 Å².